The minimum absolute atomic E-state index is 0.0829. The molecule has 0 N–H and O–H groups in total. The molecule has 2 aromatic heterocycles. The molecule has 0 bridgehead atoms. The largest absolute Gasteiger partial charge is 0.357 e. The summed E-state index contributed by atoms with van der Waals surface area (Å²) < 4.78 is 1.95. The van der Waals surface area contributed by atoms with E-state index < -0.39 is 4.92 Å². The molecule has 0 aliphatic carbocycles. The van der Waals surface area contributed by atoms with Crippen molar-refractivity contribution in [2.24, 2.45) is 7.05 Å². The lowest BCUT2D eigenvalue weighted by molar-refractivity contribution is -0.384. The summed E-state index contributed by atoms with van der Waals surface area (Å²) in [6.07, 6.45) is 5.72. The molecule has 0 unspecified atom stereocenters. The summed E-state index contributed by atoms with van der Waals surface area (Å²) in [7, 11) is 1.95. The number of fused-ring (bicyclic) bond motifs is 1. The van der Waals surface area contributed by atoms with E-state index in [1.165, 1.54) is 6.07 Å². The van der Waals surface area contributed by atoms with Gasteiger partial charge in [-0.25, -0.2) is 0 Å². The van der Waals surface area contributed by atoms with Gasteiger partial charge in [-0.3, -0.25) is 15.1 Å². The highest BCUT2D eigenvalue weighted by molar-refractivity contribution is 5.85. The van der Waals surface area contributed by atoms with Crippen molar-refractivity contribution in [1.29, 1.82) is 0 Å². The fraction of sp³-hybridized carbons (Fsp3) is 0.0714. The van der Waals surface area contributed by atoms with Crippen LogP contribution in [0.15, 0.2) is 48.9 Å². The van der Waals surface area contributed by atoms with Gasteiger partial charge in [0.25, 0.3) is 5.69 Å². The molecule has 5 heteroatoms. The first-order chi connectivity index (χ1) is 9.13. The molecule has 0 fully saturated rings. The fourth-order valence-corrected chi connectivity index (χ4v) is 2.06. The molecule has 2 heterocycles. The first kappa shape index (κ1) is 11.4. The molecule has 5 nitrogen and oxygen atoms in total. The van der Waals surface area contributed by atoms with Gasteiger partial charge in [0.15, 0.2) is 0 Å². The van der Waals surface area contributed by atoms with Crippen LogP contribution in [0.2, 0.25) is 0 Å². The minimum atomic E-state index is -0.394. The Labute approximate surface area is 109 Å². The standard InChI is InChI=1S/C14H11N3O2/c1-16-5-4-10(9-16)12-6-11-7-13(17(18)19)2-3-14(11)15-8-12/h2-9H,1H3. The van der Waals surface area contributed by atoms with Crippen molar-refractivity contribution < 1.29 is 4.92 Å². The molecule has 0 radical (unpaired) electrons. The SMILES string of the molecule is Cn1ccc(-c2cnc3ccc([N+](=O)[O-])cc3c2)c1. The zero-order chi connectivity index (χ0) is 13.4. The molecule has 0 amide bonds. The van der Waals surface area contributed by atoms with Gasteiger partial charge >= 0.3 is 0 Å². The average molecular weight is 253 g/mol. The van der Waals surface area contributed by atoms with Gasteiger partial charge in [0.2, 0.25) is 0 Å². The van der Waals surface area contributed by atoms with Gasteiger partial charge in [-0.1, -0.05) is 0 Å². The smallest absolute Gasteiger partial charge is 0.270 e. The Morgan fingerprint density at radius 1 is 1.21 bits per heavy atom. The topological polar surface area (TPSA) is 61.0 Å². The van der Waals surface area contributed by atoms with Crippen LogP contribution < -0.4 is 0 Å². The van der Waals surface area contributed by atoms with E-state index in [1.807, 2.05) is 36.1 Å². The van der Waals surface area contributed by atoms with Crippen molar-refractivity contribution >= 4 is 16.6 Å². The number of nitrogens with zero attached hydrogens (tertiary/aromatic N) is 3. The second-order valence-electron chi connectivity index (χ2n) is 4.42. The van der Waals surface area contributed by atoms with Crippen LogP contribution in [0, 0.1) is 10.1 Å². The van der Waals surface area contributed by atoms with Gasteiger partial charge in [0.1, 0.15) is 0 Å². The molecule has 1 aromatic carbocycles. The van der Waals surface area contributed by atoms with Crippen LogP contribution in [0.3, 0.4) is 0 Å². The molecule has 0 aliphatic rings. The van der Waals surface area contributed by atoms with E-state index in [0.29, 0.717) is 0 Å². The Morgan fingerprint density at radius 2 is 2.05 bits per heavy atom. The van der Waals surface area contributed by atoms with Crippen molar-refractivity contribution in [2.75, 3.05) is 0 Å². The summed E-state index contributed by atoms with van der Waals surface area (Å²) in [6, 6.07) is 8.60. The lowest BCUT2D eigenvalue weighted by Crippen LogP contribution is -1.88. The van der Waals surface area contributed by atoms with Crippen molar-refractivity contribution in [3.8, 4) is 11.1 Å². The van der Waals surface area contributed by atoms with Crippen LogP contribution in [0.4, 0.5) is 5.69 Å². The number of nitro benzene ring substituents is 1. The number of hydrogen-bond acceptors (Lipinski definition) is 3. The van der Waals surface area contributed by atoms with E-state index >= 15 is 0 Å². The van der Waals surface area contributed by atoms with Gasteiger partial charge in [-0.05, 0) is 18.2 Å². The van der Waals surface area contributed by atoms with Crippen molar-refractivity contribution in [1.82, 2.24) is 9.55 Å². The number of nitro groups is 1. The van der Waals surface area contributed by atoms with Crippen molar-refractivity contribution in [3.05, 3.63) is 59.0 Å². The second kappa shape index (κ2) is 4.20. The molecular weight excluding hydrogens is 242 g/mol. The number of rotatable bonds is 2. The van der Waals surface area contributed by atoms with E-state index in [-0.39, 0.29) is 5.69 Å². The third-order valence-corrected chi connectivity index (χ3v) is 3.04. The summed E-state index contributed by atoms with van der Waals surface area (Å²) in [4.78, 5) is 14.7. The molecule has 0 atom stereocenters. The number of hydrogen-bond donors (Lipinski definition) is 0. The van der Waals surface area contributed by atoms with Crippen molar-refractivity contribution in [3.63, 3.8) is 0 Å². The number of aryl methyl sites for hydroxylation is 1. The third kappa shape index (κ3) is 2.06. The van der Waals surface area contributed by atoms with Crippen LogP contribution in [0.25, 0.3) is 22.0 Å². The highest BCUT2D eigenvalue weighted by Gasteiger charge is 2.08. The maximum atomic E-state index is 10.8. The quantitative estimate of drug-likeness (QED) is 0.520. The molecule has 0 aliphatic heterocycles. The second-order valence-corrected chi connectivity index (χ2v) is 4.42. The van der Waals surface area contributed by atoms with Gasteiger partial charge in [0.05, 0.1) is 10.4 Å². The Morgan fingerprint density at radius 3 is 2.74 bits per heavy atom. The third-order valence-electron chi connectivity index (χ3n) is 3.04. The molecule has 19 heavy (non-hydrogen) atoms. The predicted octanol–water partition coefficient (Wildman–Crippen LogP) is 3.15. The van der Waals surface area contributed by atoms with Crippen LogP contribution >= 0.6 is 0 Å². The van der Waals surface area contributed by atoms with Gasteiger partial charge in [-0.15, -0.1) is 0 Å². The highest BCUT2D eigenvalue weighted by Crippen LogP contribution is 2.25. The van der Waals surface area contributed by atoms with Gasteiger partial charge in [-0.2, -0.15) is 0 Å². The molecule has 0 spiro atoms. The zero-order valence-corrected chi connectivity index (χ0v) is 10.3. The van der Waals surface area contributed by atoms with E-state index in [9.17, 15) is 10.1 Å². The summed E-state index contributed by atoms with van der Waals surface area (Å²) in [6.45, 7) is 0. The minimum Gasteiger partial charge on any atom is -0.357 e. The number of aromatic nitrogens is 2. The Balaban J connectivity index is 2.16. The summed E-state index contributed by atoms with van der Waals surface area (Å²) in [5.74, 6) is 0. The average Bonchev–Trinajstić information content (AvgIpc) is 2.84. The maximum absolute atomic E-state index is 10.8. The predicted molar refractivity (Wildman–Crippen MR) is 72.8 cm³/mol. The van der Waals surface area contributed by atoms with E-state index in [1.54, 1.807) is 18.3 Å². The zero-order valence-electron chi connectivity index (χ0n) is 10.3. The Kier molecular flexibility index (Phi) is 2.52. The number of benzene rings is 1. The molecule has 94 valence electrons. The van der Waals surface area contributed by atoms with Crippen LogP contribution in [-0.2, 0) is 7.05 Å². The monoisotopic (exact) mass is 253 g/mol. The van der Waals surface area contributed by atoms with Gasteiger partial charge < -0.3 is 4.57 Å². The highest BCUT2D eigenvalue weighted by atomic mass is 16.6. The molecule has 0 saturated carbocycles. The van der Waals surface area contributed by atoms with E-state index in [4.69, 9.17) is 0 Å². The van der Waals surface area contributed by atoms with Crippen LogP contribution in [0.1, 0.15) is 0 Å². The summed E-state index contributed by atoms with van der Waals surface area (Å²) >= 11 is 0. The lowest BCUT2D eigenvalue weighted by atomic mass is 10.1. The normalized spacial score (nSPS) is 10.8. The van der Waals surface area contributed by atoms with E-state index in [0.717, 1.165) is 22.0 Å². The molecular formula is C14H11N3O2. The first-order valence-electron chi connectivity index (χ1n) is 5.80. The fourth-order valence-electron chi connectivity index (χ4n) is 2.06. The number of non-ortho nitro benzene ring substituents is 1. The Hall–Kier alpha value is -2.69. The summed E-state index contributed by atoms with van der Waals surface area (Å²) in [5, 5.41) is 11.6. The van der Waals surface area contributed by atoms with Gasteiger partial charge in [0, 0.05) is 54.3 Å². The van der Waals surface area contributed by atoms with Crippen LogP contribution in [-0.4, -0.2) is 14.5 Å². The molecule has 0 saturated heterocycles. The molecule has 3 aromatic rings. The maximum Gasteiger partial charge on any atom is 0.270 e. The first-order valence-corrected chi connectivity index (χ1v) is 5.80. The van der Waals surface area contributed by atoms with Crippen LogP contribution in [0.5, 0.6) is 0 Å². The lowest BCUT2D eigenvalue weighted by Gasteiger charge is -2.01. The summed E-state index contributed by atoms with van der Waals surface area (Å²) in [5.41, 5.74) is 2.83. The van der Waals surface area contributed by atoms with E-state index in [2.05, 4.69) is 4.98 Å². The number of pyridine rings is 1. The molecule has 3 rings (SSSR count). The van der Waals surface area contributed by atoms with Crippen molar-refractivity contribution in [2.45, 2.75) is 0 Å². The Bertz CT molecular complexity index is 777.